The van der Waals surface area contributed by atoms with E-state index >= 15 is 0 Å². The number of thiophene rings is 1. The average molecular weight is 330 g/mol. The predicted octanol–water partition coefficient (Wildman–Crippen LogP) is 3.02. The number of nitrogens with one attached hydrogen (secondary N) is 1. The molecule has 0 fully saturated rings. The van der Waals surface area contributed by atoms with Crippen LogP contribution in [0.25, 0.3) is 9.88 Å². The molecule has 3 aromatic rings. The maximum absolute atomic E-state index is 12.2. The molecule has 5 nitrogen and oxygen atoms in total. The van der Waals surface area contributed by atoms with Gasteiger partial charge in [-0.15, -0.1) is 22.7 Å². The van der Waals surface area contributed by atoms with Crippen LogP contribution in [-0.4, -0.2) is 26.9 Å². The van der Waals surface area contributed by atoms with E-state index in [-0.39, 0.29) is 11.9 Å². The summed E-state index contributed by atoms with van der Waals surface area (Å²) >= 11 is 3.10. The lowest BCUT2D eigenvalue weighted by Crippen LogP contribution is -2.34. The van der Waals surface area contributed by atoms with Crippen molar-refractivity contribution in [3.63, 3.8) is 0 Å². The molecule has 0 saturated heterocycles. The summed E-state index contributed by atoms with van der Waals surface area (Å²) in [4.78, 5) is 25.9. The van der Waals surface area contributed by atoms with Gasteiger partial charge < -0.3 is 5.32 Å². The van der Waals surface area contributed by atoms with Crippen LogP contribution < -0.4 is 5.32 Å². The van der Waals surface area contributed by atoms with Crippen molar-refractivity contribution >= 4 is 28.6 Å². The van der Waals surface area contributed by atoms with Crippen LogP contribution in [0.5, 0.6) is 0 Å². The topological polar surface area (TPSA) is 67.8 Å². The molecule has 1 atom stereocenters. The fourth-order valence-corrected chi connectivity index (χ4v) is 3.60. The summed E-state index contributed by atoms with van der Waals surface area (Å²) in [6.07, 6.45) is 5.63. The van der Waals surface area contributed by atoms with Crippen LogP contribution >= 0.6 is 22.7 Å². The Hall–Kier alpha value is -2.12. The molecule has 3 rings (SSSR count). The molecule has 3 aromatic heterocycles. The minimum atomic E-state index is -0.157. The zero-order valence-corrected chi connectivity index (χ0v) is 13.5. The van der Waals surface area contributed by atoms with Crippen LogP contribution in [0.4, 0.5) is 0 Å². The van der Waals surface area contributed by atoms with Crippen LogP contribution in [0.2, 0.25) is 0 Å². The zero-order chi connectivity index (χ0) is 15.4. The minimum absolute atomic E-state index is 0.0314. The number of nitrogens with zero attached hydrogens (tertiary/aromatic N) is 3. The number of amides is 1. The van der Waals surface area contributed by atoms with Gasteiger partial charge in [0.15, 0.2) is 0 Å². The Balaban J connectivity index is 1.62. The van der Waals surface area contributed by atoms with Gasteiger partial charge in [0.2, 0.25) is 0 Å². The van der Waals surface area contributed by atoms with Gasteiger partial charge in [-0.05, 0) is 18.4 Å². The largest absolute Gasteiger partial charge is 0.348 e. The average Bonchev–Trinajstić information content (AvgIpc) is 3.19. The zero-order valence-electron chi connectivity index (χ0n) is 11.9. The molecule has 0 radical (unpaired) electrons. The third kappa shape index (κ3) is 3.55. The van der Waals surface area contributed by atoms with Gasteiger partial charge in [0.1, 0.15) is 10.7 Å². The lowest BCUT2D eigenvalue weighted by Gasteiger charge is -2.12. The van der Waals surface area contributed by atoms with Crippen molar-refractivity contribution in [2.45, 2.75) is 19.4 Å². The van der Waals surface area contributed by atoms with Gasteiger partial charge in [-0.3, -0.25) is 14.8 Å². The summed E-state index contributed by atoms with van der Waals surface area (Å²) in [5, 5.41) is 7.61. The van der Waals surface area contributed by atoms with E-state index in [0.717, 1.165) is 15.6 Å². The number of hydrogen-bond donors (Lipinski definition) is 1. The Labute approximate surface area is 136 Å². The highest BCUT2D eigenvalue weighted by Crippen LogP contribution is 2.27. The van der Waals surface area contributed by atoms with E-state index in [4.69, 9.17) is 0 Å². The van der Waals surface area contributed by atoms with Gasteiger partial charge in [-0.1, -0.05) is 6.07 Å². The third-order valence-corrected chi connectivity index (χ3v) is 4.86. The molecule has 3 heterocycles. The Morgan fingerprint density at radius 1 is 1.36 bits per heavy atom. The number of aromatic nitrogens is 3. The predicted molar refractivity (Wildman–Crippen MR) is 88.1 cm³/mol. The smallest absolute Gasteiger partial charge is 0.270 e. The number of rotatable bonds is 5. The number of carbonyl (C=O) groups excluding carboxylic acids is 1. The van der Waals surface area contributed by atoms with Crippen LogP contribution in [-0.2, 0) is 6.42 Å². The normalized spacial score (nSPS) is 12.0. The van der Waals surface area contributed by atoms with E-state index in [9.17, 15) is 4.79 Å². The van der Waals surface area contributed by atoms with E-state index in [0.29, 0.717) is 12.1 Å². The van der Waals surface area contributed by atoms with E-state index < -0.39 is 0 Å². The second kappa shape index (κ2) is 6.76. The summed E-state index contributed by atoms with van der Waals surface area (Å²) in [7, 11) is 0. The molecule has 7 heteroatoms. The monoisotopic (exact) mass is 330 g/mol. The molecule has 0 aliphatic rings. The van der Waals surface area contributed by atoms with Crippen LogP contribution in [0, 0.1) is 0 Å². The van der Waals surface area contributed by atoms with Gasteiger partial charge >= 0.3 is 0 Å². The summed E-state index contributed by atoms with van der Waals surface area (Å²) in [6, 6.07) is 3.95. The number of thiazole rings is 1. The Bertz CT molecular complexity index is 740. The first kappa shape index (κ1) is 14.8. The Morgan fingerprint density at radius 3 is 3.00 bits per heavy atom. The number of carbonyl (C=O) groups is 1. The summed E-state index contributed by atoms with van der Waals surface area (Å²) < 4.78 is 0. The molecule has 1 N–H and O–H groups in total. The van der Waals surface area contributed by atoms with Crippen molar-refractivity contribution in [1.82, 2.24) is 20.3 Å². The minimum Gasteiger partial charge on any atom is -0.348 e. The molecule has 1 amide bonds. The second-order valence-electron chi connectivity index (χ2n) is 4.79. The van der Waals surface area contributed by atoms with Crippen LogP contribution in [0.3, 0.4) is 0 Å². The van der Waals surface area contributed by atoms with Gasteiger partial charge in [0, 0.05) is 36.4 Å². The first-order valence-electron chi connectivity index (χ1n) is 6.77. The van der Waals surface area contributed by atoms with Gasteiger partial charge in [-0.2, -0.15) is 0 Å². The van der Waals surface area contributed by atoms with Crippen LogP contribution in [0.1, 0.15) is 23.1 Å². The van der Waals surface area contributed by atoms with Gasteiger partial charge in [-0.25, -0.2) is 4.98 Å². The molecule has 0 spiro atoms. The van der Waals surface area contributed by atoms with Crippen molar-refractivity contribution in [2.24, 2.45) is 0 Å². The SMILES string of the molecule is C[C@H](Cc1cnccn1)NC(=O)c1csc(-c2cccs2)n1. The molecule has 0 aliphatic heterocycles. The van der Waals surface area contributed by atoms with Crippen molar-refractivity contribution in [3.8, 4) is 9.88 Å². The maximum atomic E-state index is 12.2. The lowest BCUT2D eigenvalue weighted by molar-refractivity contribution is 0.0935. The molecule has 22 heavy (non-hydrogen) atoms. The Kier molecular flexibility index (Phi) is 4.55. The molecular formula is C15H14N4OS2. The van der Waals surface area contributed by atoms with E-state index in [1.807, 2.05) is 24.4 Å². The van der Waals surface area contributed by atoms with Crippen molar-refractivity contribution < 1.29 is 4.79 Å². The van der Waals surface area contributed by atoms with Gasteiger partial charge in [0.05, 0.1) is 10.6 Å². The summed E-state index contributed by atoms with van der Waals surface area (Å²) in [5.74, 6) is -0.157. The fourth-order valence-electron chi connectivity index (χ4n) is 1.99. The van der Waals surface area contributed by atoms with Crippen LogP contribution in [0.15, 0.2) is 41.5 Å². The highest BCUT2D eigenvalue weighted by atomic mass is 32.1. The van der Waals surface area contributed by atoms with E-state index in [1.54, 1.807) is 35.3 Å². The first-order valence-corrected chi connectivity index (χ1v) is 8.53. The summed E-state index contributed by atoms with van der Waals surface area (Å²) in [6.45, 7) is 1.94. The van der Waals surface area contributed by atoms with Crippen molar-refractivity contribution in [3.05, 3.63) is 52.9 Å². The van der Waals surface area contributed by atoms with E-state index in [1.165, 1.54) is 11.3 Å². The molecular weight excluding hydrogens is 316 g/mol. The highest BCUT2D eigenvalue weighted by molar-refractivity contribution is 7.20. The highest BCUT2D eigenvalue weighted by Gasteiger charge is 2.15. The quantitative estimate of drug-likeness (QED) is 0.781. The second-order valence-corrected chi connectivity index (χ2v) is 6.60. The van der Waals surface area contributed by atoms with E-state index in [2.05, 4.69) is 20.3 Å². The molecule has 0 aromatic carbocycles. The fraction of sp³-hybridized carbons (Fsp3) is 0.200. The Morgan fingerprint density at radius 2 is 2.27 bits per heavy atom. The van der Waals surface area contributed by atoms with Gasteiger partial charge in [0.25, 0.3) is 5.91 Å². The lowest BCUT2D eigenvalue weighted by atomic mass is 10.2. The standard InChI is InChI=1S/C15H14N4OS2/c1-10(7-11-8-16-4-5-17-11)18-14(20)12-9-22-15(19-12)13-3-2-6-21-13/h2-6,8-10H,7H2,1H3,(H,18,20)/t10-/m1/s1. The molecule has 0 unspecified atom stereocenters. The molecule has 0 bridgehead atoms. The maximum Gasteiger partial charge on any atom is 0.270 e. The molecule has 112 valence electrons. The third-order valence-electron chi connectivity index (χ3n) is 2.98. The number of hydrogen-bond acceptors (Lipinski definition) is 6. The molecule has 0 saturated carbocycles. The molecule has 0 aliphatic carbocycles. The first-order chi connectivity index (χ1) is 10.7. The van der Waals surface area contributed by atoms with Crippen molar-refractivity contribution in [1.29, 1.82) is 0 Å². The summed E-state index contributed by atoms with van der Waals surface area (Å²) in [5.41, 5.74) is 1.31. The van der Waals surface area contributed by atoms with Crippen molar-refractivity contribution in [2.75, 3.05) is 0 Å².